The van der Waals surface area contributed by atoms with Gasteiger partial charge in [0.25, 0.3) is 0 Å². The van der Waals surface area contributed by atoms with Crippen LogP contribution in [0.25, 0.3) is 0 Å². The maximum atomic E-state index is 14.1. The smallest absolute Gasteiger partial charge is 0.343 e. The van der Waals surface area contributed by atoms with Crippen molar-refractivity contribution < 1.29 is 52.4 Å². The largest absolute Gasteiger partial charge is 0.497 e. The van der Waals surface area contributed by atoms with Gasteiger partial charge in [-0.3, -0.25) is 4.79 Å². The molecule has 2 aromatic rings. The molecule has 0 radical (unpaired) electrons. The zero-order valence-corrected chi connectivity index (χ0v) is 28.4. The van der Waals surface area contributed by atoms with Gasteiger partial charge in [-0.05, 0) is 102 Å². The highest BCUT2D eigenvalue weighted by atomic mass is 16.7. The third kappa shape index (κ3) is 8.12. The molecule has 0 saturated carbocycles. The van der Waals surface area contributed by atoms with Crippen LogP contribution in [0.2, 0.25) is 0 Å². The number of nitrogens with zero attached hydrogens (tertiary/aromatic N) is 2. The molecule has 0 spiro atoms. The Kier molecular flexibility index (Phi) is 11.0. The van der Waals surface area contributed by atoms with E-state index in [1.165, 1.54) is 13.3 Å². The number of hydrogen-bond acceptors (Lipinski definition) is 13. The lowest BCUT2D eigenvalue weighted by Crippen LogP contribution is -2.46. The molecule has 1 N–H and O–H groups in total. The van der Waals surface area contributed by atoms with E-state index in [0.29, 0.717) is 29.6 Å². The Morgan fingerprint density at radius 3 is 2.56 bits per heavy atom. The van der Waals surface area contributed by atoms with Crippen LogP contribution < -0.4 is 9.47 Å². The fourth-order valence-electron chi connectivity index (χ4n) is 6.60. The first-order valence-electron chi connectivity index (χ1n) is 16.5. The topological polar surface area (TPSA) is 156 Å². The molecule has 0 aliphatic carbocycles. The number of aliphatic hydroxyl groups is 1. The Morgan fingerprint density at radius 1 is 1.08 bits per heavy atom. The van der Waals surface area contributed by atoms with Crippen molar-refractivity contribution in [3.63, 3.8) is 0 Å². The van der Waals surface area contributed by atoms with Gasteiger partial charge in [-0.1, -0.05) is 5.16 Å². The number of rotatable bonds is 11. The fourth-order valence-corrected chi connectivity index (χ4v) is 6.60. The molecule has 262 valence electrons. The second-order valence-corrected chi connectivity index (χ2v) is 13.3. The van der Waals surface area contributed by atoms with Crippen molar-refractivity contribution in [1.82, 2.24) is 10.1 Å². The van der Waals surface area contributed by atoms with E-state index < -0.39 is 41.6 Å². The molecule has 13 heteroatoms. The molecule has 1 unspecified atom stereocenters. The van der Waals surface area contributed by atoms with Gasteiger partial charge in [0.15, 0.2) is 23.2 Å². The average molecular weight is 671 g/mol. The second-order valence-electron chi connectivity index (χ2n) is 13.3. The zero-order valence-electron chi connectivity index (χ0n) is 28.4. The highest BCUT2D eigenvalue weighted by molar-refractivity contribution is 5.90. The average Bonchev–Trinajstić information content (AvgIpc) is 3.66. The molecule has 4 heterocycles. The lowest BCUT2D eigenvalue weighted by molar-refractivity contribution is -0.178. The van der Waals surface area contributed by atoms with Crippen molar-refractivity contribution >= 4 is 17.9 Å². The van der Waals surface area contributed by atoms with Gasteiger partial charge in [-0.15, -0.1) is 0 Å². The SMILES string of the molecule is COC(=O)C[C@](O)(CCCC(C)(C)OC(=O)c1cnoc1C)C(=O)O[C@@H]1/C(OC)=C\CCCCN2CCc3cc4c(cc3[C@H]1C2)OCO4. The molecule has 3 aliphatic heterocycles. The van der Waals surface area contributed by atoms with Gasteiger partial charge < -0.3 is 43.0 Å². The summed E-state index contributed by atoms with van der Waals surface area (Å²) in [5, 5.41) is 15.5. The van der Waals surface area contributed by atoms with Crippen LogP contribution in [0.1, 0.15) is 92.0 Å². The standard InChI is InChI=1S/C35H46N2O11/c1-22-25(19-36-48-22)32(39)47-34(2,3)12-9-13-35(41,18-30(38)43-5)33(40)46-31-26-20-37(14-8-6-7-10-27(31)42-4)15-11-23-16-28-29(17-24(23)26)45-21-44-28/h10,16-17,19,26,31,41H,6-9,11-15,18,20-21H2,1-5H3/b27-10+/t26-,31+,35-/m1/s1. The minimum Gasteiger partial charge on any atom is -0.497 e. The van der Waals surface area contributed by atoms with Crippen molar-refractivity contribution in [1.29, 1.82) is 0 Å². The normalized spacial score (nSPS) is 23.0. The van der Waals surface area contributed by atoms with Crippen molar-refractivity contribution in [2.75, 3.05) is 40.6 Å². The van der Waals surface area contributed by atoms with Crippen molar-refractivity contribution in [3.05, 3.63) is 52.6 Å². The van der Waals surface area contributed by atoms with Crippen LogP contribution in [0.15, 0.2) is 34.7 Å². The van der Waals surface area contributed by atoms with E-state index in [9.17, 15) is 19.5 Å². The van der Waals surface area contributed by atoms with Crippen LogP contribution in [-0.2, 0) is 35.0 Å². The number of carbonyl (C=O) groups excluding carboxylic acids is 3. The van der Waals surface area contributed by atoms with E-state index >= 15 is 0 Å². The molecule has 1 aromatic heterocycles. The van der Waals surface area contributed by atoms with E-state index in [-0.39, 0.29) is 37.5 Å². The molecule has 48 heavy (non-hydrogen) atoms. The van der Waals surface area contributed by atoms with Gasteiger partial charge in [0.1, 0.15) is 22.7 Å². The predicted molar refractivity (Wildman–Crippen MR) is 170 cm³/mol. The lowest BCUT2D eigenvalue weighted by Gasteiger charge is -2.35. The number of esters is 3. The van der Waals surface area contributed by atoms with Gasteiger partial charge in [0.2, 0.25) is 6.79 Å². The molecule has 0 saturated heterocycles. The van der Waals surface area contributed by atoms with Crippen molar-refractivity contribution in [3.8, 4) is 11.5 Å². The summed E-state index contributed by atoms with van der Waals surface area (Å²) in [6.45, 7) is 7.47. The third-order valence-electron chi connectivity index (χ3n) is 9.33. The monoisotopic (exact) mass is 670 g/mol. The summed E-state index contributed by atoms with van der Waals surface area (Å²) in [6, 6.07) is 3.95. The Morgan fingerprint density at radius 2 is 1.85 bits per heavy atom. The summed E-state index contributed by atoms with van der Waals surface area (Å²) in [5.41, 5.74) is -0.978. The zero-order chi connectivity index (χ0) is 34.5. The van der Waals surface area contributed by atoms with E-state index in [4.69, 9.17) is 32.9 Å². The first-order chi connectivity index (χ1) is 22.9. The fraction of sp³-hybridized carbons (Fsp3) is 0.600. The van der Waals surface area contributed by atoms with Crippen LogP contribution in [0, 0.1) is 6.92 Å². The predicted octanol–water partition coefficient (Wildman–Crippen LogP) is 4.38. The number of aromatic nitrogens is 1. The number of allylic oxidation sites excluding steroid dienone is 1. The van der Waals surface area contributed by atoms with E-state index in [2.05, 4.69) is 10.1 Å². The molecule has 13 nitrogen and oxygen atoms in total. The second kappa shape index (κ2) is 15.0. The van der Waals surface area contributed by atoms with Crippen LogP contribution in [0.5, 0.6) is 11.5 Å². The maximum Gasteiger partial charge on any atom is 0.343 e. The van der Waals surface area contributed by atoms with Gasteiger partial charge in [-0.25, -0.2) is 9.59 Å². The third-order valence-corrected chi connectivity index (χ3v) is 9.33. The summed E-state index contributed by atoms with van der Waals surface area (Å²) in [5.74, 6) is -0.596. The molecule has 3 aliphatic rings. The minimum absolute atomic E-state index is 0.132. The Labute approximate surface area is 280 Å². The van der Waals surface area contributed by atoms with Gasteiger partial charge in [-0.2, -0.15) is 0 Å². The highest BCUT2D eigenvalue weighted by Crippen LogP contribution is 2.42. The molecule has 4 atom stereocenters. The maximum absolute atomic E-state index is 14.1. The van der Waals surface area contributed by atoms with Crippen molar-refractivity contribution in [2.45, 2.75) is 95.4 Å². The van der Waals surface area contributed by atoms with Gasteiger partial charge in [0.05, 0.1) is 26.8 Å². The van der Waals surface area contributed by atoms with Crippen LogP contribution in [-0.4, -0.2) is 91.0 Å². The van der Waals surface area contributed by atoms with E-state index in [0.717, 1.165) is 49.9 Å². The quantitative estimate of drug-likeness (QED) is 0.266. The molecule has 0 fully saturated rings. The number of aryl methyl sites for hydroxylation is 1. The summed E-state index contributed by atoms with van der Waals surface area (Å²) in [7, 11) is 2.73. The van der Waals surface area contributed by atoms with Crippen LogP contribution >= 0.6 is 0 Å². The van der Waals surface area contributed by atoms with E-state index in [1.807, 2.05) is 18.2 Å². The number of benzene rings is 1. The molecular weight excluding hydrogens is 624 g/mol. The Balaban J connectivity index is 1.40. The van der Waals surface area contributed by atoms with Crippen molar-refractivity contribution in [2.24, 2.45) is 0 Å². The highest BCUT2D eigenvalue weighted by Gasteiger charge is 2.45. The summed E-state index contributed by atoms with van der Waals surface area (Å²) >= 11 is 0. The van der Waals surface area contributed by atoms with Gasteiger partial charge in [0, 0.05) is 19.0 Å². The molecule has 1 aromatic carbocycles. The lowest BCUT2D eigenvalue weighted by atomic mass is 9.86. The van der Waals surface area contributed by atoms with Crippen LogP contribution in [0.4, 0.5) is 0 Å². The van der Waals surface area contributed by atoms with E-state index in [1.54, 1.807) is 27.9 Å². The van der Waals surface area contributed by atoms with Gasteiger partial charge >= 0.3 is 17.9 Å². The number of carbonyl (C=O) groups is 3. The molecule has 2 bridgehead atoms. The number of fused-ring (bicyclic) bond motifs is 5. The first kappa shape index (κ1) is 35.2. The summed E-state index contributed by atoms with van der Waals surface area (Å²) in [4.78, 5) is 41.7. The Bertz CT molecular complexity index is 1520. The Hall–Kier alpha value is -4.10. The molecule has 5 rings (SSSR count). The number of ether oxygens (including phenoxy) is 6. The van der Waals surface area contributed by atoms with Crippen LogP contribution in [0.3, 0.4) is 0 Å². The molecule has 0 amide bonds. The first-order valence-corrected chi connectivity index (χ1v) is 16.5. The summed E-state index contributed by atoms with van der Waals surface area (Å²) in [6.07, 6.45) is 5.48. The minimum atomic E-state index is -2.23. The number of hydrogen-bond donors (Lipinski definition) is 1. The summed E-state index contributed by atoms with van der Waals surface area (Å²) < 4.78 is 39.1. The molecular formula is C35H46N2O11. The number of methoxy groups -OCH3 is 2.